The molecule has 5 N–H and O–H groups in total. The van der Waals surface area contributed by atoms with Crippen LogP contribution in [0.5, 0.6) is 0 Å². The zero-order valence-corrected chi connectivity index (χ0v) is 22.7. The highest BCUT2D eigenvalue weighted by atomic mass is 35.5. The molecule has 14 nitrogen and oxygen atoms in total. The molecule has 2 aromatic carbocycles. The largest absolute Gasteiger partial charge is 0.370 e. The van der Waals surface area contributed by atoms with E-state index in [-0.39, 0.29) is 42.1 Å². The van der Waals surface area contributed by atoms with Crippen molar-refractivity contribution in [3.8, 4) is 0 Å². The van der Waals surface area contributed by atoms with Crippen molar-refractivity contribution in [2.45, 2.75) is 23.8 Å². The van der Waals surface area contributed by atoms with E-state index >= 15 is 0 Å². The Balaban J connectivity index is 0.00000441. The molecule has 1 saturated heterocycles. The number of benzene rings is 2. The molecule has 2 heterocycles. The Labute approximate surface area is 236 Å². The van der Waals surface area contributed by atoms with Gasteiger partial charge in [-0.2, -0.15) is 4.72 Å². The molecule has 214 valence electrons. The predicted octanol–water partition coefficient (Wildman–Crippen LogP) is 0.615. The number of anilines is 1. The molecule has 0 aliphatic carbocycles. The van der Waals surface area contributed by atoms with Gasteiger partial charge in [-0.05, 0) is 37.0 Å². The fourth-order valence-electron chi connectivity index (χ4n) is 4.69. The Hall–Kier alpha value is -4.08. The van der Waals surface area contributed by atoms with Crippen molar-refractivity contribution in [1.82, 2.24) is 14.9 Å². The monoisotopic (exact) mass is 593 g/mol. The van der Waals surface area contributed by atoms with Crippen LogP contribution in [0.1, 0.15) is 23.2 Å². The van der Waals surface area contributed by atoms with Crippen molar-refractivity contribution in [2.75, 3.05) is 31.1 Å². The molecule has 2 amide bonds. The number of nitrogens with two attached hydrogens (primary N) is 1. The second-order valence-electron chi connectivity index (χ2n) is 9.25. The minimum Gasteiger partial charge on any atom is -0.370 e. The summed E-state index contributed by atoms with van der Waals surface area (Å²) in [6.45, 7) is 0.643. The van der Waals surface area contributed by atoms with E-state index in [0.717, 1.165) is 29.9 Å². The van der Waals surface area contributed by atoms with Gasteiger partial charge in [0.15, 0.2) is 10.9 Å². The molecule has 1 fully saturated rings. The number of guanidine groups is 1. The Morgan fingerprint density at radius 1 is 1.18 bits per heavy atom. The topological polar surface area (TPSA) is 209 Å². The van der Waals surface area contributed by atoms with Crippen LogP contribution in [-0.4, -0.2) is 74.0 Å². The third kappa shape index (κ3) is 6.38. The third-order valence-corrected chi connectivity index (χ3v) is 8.15. The molecule has 40 heavy (non-hydrogen) atoms. The highest BCUT2D eigenvalue weighted by Gasteiger charge is 2.40. The zero-order valence-electron chi connectivity index (χ0n) is 21.1. The number of amides is 2. The number of nitrogens with one attached hydrogen (secondary N) is 3. The molecule has 0 saturated carbocycles. The van der Waals surface area contributed by atoms with E-state index in [9.17, 15) is 32.9 Å². The summed E-state index contributed by atoms with van der Waals surface area (Å²) in [6.07, 6.45) is 1.48. The number of para-hydroxylation sites is 2. The van der Waals surface area contributed by atoms with Crippen LogP contribution in [0.2, 0.25) is 0 Å². The molecule has 2 aliphatic rings. The van der Waals surface area contributed by atoms with E-state index in [4.69, 9.17) is 11.1 Å². The summed E-state index contributed by atoms with van der Waals surface area (Å²) in [7, 11) is -4.62. The minimum atomic E-state index is -4.62. The molecule has 0 bridgehead atoms. The van der Waals surface area contributed by atoms with Gasteiger partial charge in [0.2, 0.25) is 15.9 Å². The summed E-state index contributed by atoms with van der Waals surface area (Å²) in [4.78, 5) is 51.2. The SMILES string of the molecule is Cl.N=C(N)N1CCC[C@@H](CNC(=O)[C@@H](CN2C(=O)C(=O)c3ccccc32)NS(=O)(=O)c2ccccc2[N+](=O)[O-])C1. The minimum absolute atomic E-state index is 0. The zero-order chi connectivity index (χ0) is 28.3. The smallest absolute Gasteiger partial charge is 0.299 e. The molecular weight excluding hydrogens is 566 g/mol. The number of piperidine rings is 1. The first-order valence-corrected chi connectivity index (χ1v) is 13.6. The molecule has 0 unspecified atom stereocenters. The second kappa shape index (κ2) is 12.4. The number of fused-ring (bicyclic) bond motifs is 1. The van der Waals surface area contributed by atoms with Crippen molar-refractivity contribution in [2.24, 2.45) is 11.7 Å². The maximum absolute atomic E-state index is 13.3. The highest BCUT2D eigenvalue weighted by Crippen LogP contribution is 2.29. The molecule has 0 aromatic heterocycles. The van der Waals surface area contributed by atoms with Crippen molar-refractivity contribution in [3.63, 3.8) is 0 Å². The number of nitro groups is 1. The van der Waals surface area contributed by atoms with Crippen molar-refractivity contribution in [3.05, 3.63) is 64.2 Å². The van der Waals surface area contributed by atoms with E-state index in [1.807, 2.05) is 0 Å². The van der Waals surface area contributed by atoms with Gasteiger partial charge in [-0.25, -0.2) is 8.42 Å². The van der Waals surface area contributed by atoms with Crippen LogP contribution in [-0.2, 0) is 19.6 Å². The summed E-state index contributed by atoms with van der Waals surface area (Å²) >= 11 is 0. The van der Waals surface area contributed by atoms with E-state index in [1.54, 1.807) is 17.0 Å². The maximum atomic E-state index is 13.3. The van der Waals surface area contributed by atoms with Crippen LogP contribution in [0.3, 0.4) is 0 Å². The molecule has 0 spiro atoms. The first kappa shape index (κ1) is 30.5. The van der Waals surface area contributed by atoms with Crippen LogP contribution < -0.4 is 20.7 Å². The lowest BCUT2D eigenvalue weighted by Crippen LogP contribution is -2.54. The number of halogens is 1. The maximum Gasteiger partial charge on any atom is 0.299 e. The van der Waals surface area contributed by atoms with Gasteiger partial charge >= 0.3 is 0 Å². The average Bonchev–Trinajstić information content (AvgIpc) is 3.16. The molecule has 0 radical (unpaired) electrons. The number of hydrogen-bond acceptors (Lipinski definition) is 8. The Bertz CT molecular complexity index is 1450. The number of sulfonamides is 1. The van der Waals surface area contributed by atoms with E-state index in [0.29, 0.717) is 13.1 Å². The van der Waals surface area contributed by atoms with E-state index in [1.165, 1.54) is 24.3 Å². The first-order chi connectivity index (χ1) is 18.5. The first-order valence-electron chi connectivity index (χ1n) is 12.1. The molecule has 16 heteroatoms. The van der Waals surface area contributed by atoms with Crippen LogP contribution in [0.25, 0.3) is 0 Å². The van der Waals surface area contributed by atoms with Gasteiger partial charge < -0.3 is 20.9 Å². The summed E-state index contributed by atoms with van der Waals surface area (Å²) < 4.78 is 28.7. The van der Waals surface area contributed by atoms with Crippen LogP contribution in [0.15, 0.2) is 53.4 Å². The summed E-state index contributed by atoms with van der Waals surface area (Å²) in [6, 6.07) is 9.19. The Kier molecular flexibility index (Phi) is 9.44. The number of carbonyl (C=O) groups excluding carboxylic acids is 3. The molecular formula is C24H28ClN7O7S. The lowest BCUT2D eigenvalue weighted by Gasteiger charge is -2.33. The number of ketones is 1. The number of hydrogen-bond donors (Lipinski definition) is 4. The number of nitrogens with zero attached hydrogens (tertiary/aromatic N) is 3. The normalized spacial score (nSPS) is 17.6. The fourth-order valence-corrected chi connectivity index (χ4v) is 6.05. The fraction of sp³-hybridized carbons (Fsp3) is 0.333. The lowest BCUT2D eigenvalue weighted by molar-refractivity contribution is -0.387. The molecule has 2 atom stereocenters. The molecule has 2 aromatic rings. The average molecular weight is 594 g/mol. The number of nitro benzene ring substituents is 1. The summed E-state index contributed by atoms with van der Waals surface area (Å²) in [5.74, 6) is -2.67. The van der Waals surface area contributed by atoms with Gasteiger partial charge in [-0.1, -0.05) is 24.3 Å². The van der Waals surface area contributed by atoms with E-state index in [2.05, 4.69) is 10.0 Å². The van der Waals surface area contributed by atoms with Crippen molar-refractivity contribution < 1.29 is 27.7 Å². The van der Waals surface area contributed by atoms with Gasteiger partial charge in [-0.15, -0.1) is 12.4 Å². The summed E-state index contributed by atoms with van der Waals surface area (Å²) in [5, 5.41) is 21.8. The quantitative estimate of drug-likeness (QED) is 0.105. The number of Topliss-reactive ketones (excluding diaryl/α,β-unsaturated/α-hetero) is 1. The third-order valence-electron chi connectivity index (χ3n) is 6.63. The number of likely N-dealkylation sites (tertiary alicyclic amines) is 1. The van der Waals surface area contributed by atoms with Gasteiger partial charge in [-0.3, -0.25) is 29.9 Å². The summed E-state index contributed by atoms with van der Waals surface area (Å²) in [5.41, 5.74) is 5.23. The van der Waals surface area contributed by atoms with Gasteiger partial charge in [0.05, 0.1) is 22.7 Å². The highest BCUT2D eigenvalue weighted by molar-refractivity contribution is 7.89. The number of rotatable bonds is 9. The van der Waals surface area contributed by atoms with E-state index < -0.39 is 55.7 Å². The van der Waals surface area contributed by atoms with Gasteiger partial charge in [0.25, 0.3) is 17.4 Å². The van der Waals surface area contributed by atoms with Crippen LogP contribution >= 0.6 is 12.4 Å². The molecule has 4 rings (SSSR count). The van der Waals surface area contributed by atoms with Crippen LogP contribution in [0, 0.1) is 21.4 Å². The van der Waals surface area contributed by atoms with Crippen molar-refractivity contribution >= 4 is 57.4 Å². The second-order valence-corrected chi connectivity index (χ2v) is 10.9. The van der Waals surface area contributed by atoms with Crippen LogP contribution in [0.4, 0.5) is 11.4 Å². The van der Waals surface area contributed by atoms with Gasteiger partial charge in [0, 0.05) is 25.7 Å². The number of carbonyl (C=O) groups is 3. The Morgan fingerprint density at radius 2 is 1.85 bits per heavy atom. The predicted molar refractivity (Wildman–Crippen MR) is 147 cm³/mol. The standard InChI is InChI=1S/C24H27N7O7S.ClH/c25-24(26)29-11-5-6-15(13-29)12-27-22(33)17(14-30-18-8-2-1-7-16(18)21(32)23(30)34)28-39(37,38)20-10-4-3-9-19(20)31(35)36;/h1-4,7-10,15,17,28H,5-6,11-14H2,(H3,25,26)(H,27,33);1H/t15-,17+;/m0./s1. The lowest BCUT2D eigenvalue weighted by atomic mass is 9.98. The van der Waals surface area contributed by atoms with Crippen molar-refractivity contribution in [1.29, 1.82) is 5.41 Å². The Morgan fingerprint density at radius 3 is 2.55 bits per heavy atom. The van der Waals surface area contributed by atoms with Gasteiger partial charge in [0.1, 0.15) is 6.04 Å². The molecule has 2 aliphatic heterocycles.